The maximum atomic E-state index is 13.0. The maximum Gasteiger partial charge on any atom is 0.274 e. The summed E-state index contributed by atoms with van der Waals surface area (Å²) in [7, 11) is 1.95. The van der Waals surface area contributed by atoms with Crippen LogP contribution in [0.5, 0.6) is 0 Å². The number of nitrogens with one attached hydrogen (secondary N) is 1. The van der Waals surface area contributed by atoms with Crippen molar-refractivity contribution >= 4 is 16.7 Å². The molecule has 1 saturated heterocycles. The van der Waals surface area contributed by atoms with Crippen molar-refractivity contribution in [2.75, 3.05) is 20.1 Å². The van der Waals surface area contributed by atoms with Crippen LogP contribution >= 0.6 is 0 Å². The van der Waals surface area contributed by atoms with Crippen molar-refractivity contribution in [2.45, 2.75) is 38.8 Å². The van der Waals surface area contributed by atoms with Gasteiger partial charge >= 0.3 is 0 Å². The number of piperidine rings is 1. The molecule has 0 bridgehead atoms. The third kappa shape index (κ3) is 2.94. The molecular weight excluding hydrogens is 304 g/mol. The summed E-state index contributed by atoms with van der Waals surface area (Å²) in [5.74, 6) is -0.0878. The standard InChI is InChI=1S/C18H24N4O2/c1-12(2)22-17(23)15-7-5-4-6-14(15)16(20-22)18(24)21-10-8-13(19-3)9-11-21/h4-7,12-13,19H,8-11H2,1-3H3. The Labute approximate surface area is 141 Å². The van der Waals surface area contributed by atoms with Gasteiger partial charge in [-0.2, -0.15) is 5.10 Å². The Morgan fingerprint density at radius 2 is 1.83 bits per heavy atom. The van der Waals surface area contributed by atoms with Crippen LogP contribution in [0.3, 0.4) is 0 Å². The monoisotopic (exact) mass is 328 g/mol. The fourth-order valence-electron chi connectivity index (χ4n) is 3.24. The minimum Gasteiger partial charge on any atom is -0.337 e. The molecule has 1 aliphatic rings. The Morgan fingerprint density at radius 3 is 2.42 bits per heavy atom. The number of aromatic nitrogens is 2. The Hall–Kier alpha value is -2.21. The van der Waals surface area contributed by atoms with Crippen LogP contribution in [0, 0.1) is 0 Å². The van der Waals surface area contributed by atoms with Crippen LogP contribution in [0.15, 0.2) is 29.1 Å². The number of hydrogen-bond acceptors (Lipinski definition) is 4. The molecule has 0 atom stereocenters. The van der Waals surface area contributed by atoms with Crippen molar-refractivity contribution in [3.8, 4) is 0 Å². The molecule has 3 rings (SSSR count). The summed E-state index contributed by atoms with van der Waals surface area (Å²) in [4.78, 5) is 27.4. The zero-order valence-corrected chi connectivity index (χ0v) is 14.5. The van der Waals surface area contributed by atoms with Gasteiger partial charge in [0.05, 0.1) is 11.4 Å². The summed E-state index contributed by atoms with van der Waals surface area (Å²) in [6.45, 7) is 5.22. The Balaban J connectivity index is 2.04. The van der Waals surface area contributed by atoms with E-state index in [4.69, 9.17) is 0 Å². The lowest BCUT2D eigenvalue weighted by Gasteiger charge is -2.31. The topological polar surface area (TPSA) is 67.2 Å². The smallest absolute Gasteiger partial charge is 0.274 e. The molecule has 24 heavy (non-hydrogen) atoms. The first-order valence-corrected chi connectivity index (χ1v) is 8.51. The first kappa shape index (κ1) is 16.6. The molecule has 6 heteroatoms. The van der Waals surface area contributed by atoms with E-state index in [1.807, 2.05) is 44.0 Å². The number of fused-ring (bicyclic) bond motifs is 1. The molecule has 1 aromatic heterocycles. The molecule has 0 radical (unpaired) electrons. The van der Waals surface area contributed by atoms with E-state index in [2.05, 4.69) is 10.4 Å². The van der Waals surface area contributed by atoms with Crippen molar-refractivity contribution in [2.24, 2.45) is 0 Å². The molecule has 1 aliphatic heterocycles. The number of carbonyl (C=O) groups excluding carboxylic acids is 1. The van der Waals surface area contributed by atoms with E-state index in [0.717, 1.165) is 12.8 Å². The third-order valence-corrected chi connectivity index (χ3v) is 4.71. The van der Waals surface area contributed by atoms with Crippen molar-refractivity contribution in [3.05, 3.63) is 40.3 Å². The van der Waals surface area contributed by atoms with E-state index >= 15 is 0 Å². The molecule has 2 heterocycles. The molecule has 1 amide bonds. The Bertz CT molecular complexity index is 804. The highest BCUT2D eigenvalue weighted by atomic mass is 16.2. The molecule has 2 aromatic rings. The maximum absolute atomic E-state index is 13.0. The highest BCUT2D eigenvalue weighted by Crippen LogP contribution is 2.19. The molecule has 0 unspecified atom stereocenters. The highest BCUT2D eigenvalue weighted by Gasteiger charge is 2.26. The van der Waals surface area contributed by atoms with E-state index in [1.54, 1.807) is 6.07 Å². The minimum atomic E-state index is -0.147. The molecule has 0 saturated carbocycles. The Kier molecular flexibility index (Phi) is 4.66. The number of nitrogens with zero attached hydrogens (tertiary/aromatic N) is 3. The lowest BCUT2D eigenvalue weighted by atomic mass is 10.0. The quantitative estimate of drug-likeness (QED) is 0.933. The molecule has 1 fully saturated rings. The van der Waals surface area contributed by atoms with E-state index in [1.165, 1.54) is 4.68 Å². The zero-order valence-electron chi connectivity index (χ0n) is 14.5. The highest BCUT2D eigenvalue weighted by molar-refractivity contribution is 6.04. The van der Waals surface area contributed by atoms with Crippen LogP contribution in [-0.4, -0.2) is 46.8 Å². The fourth-order valence-corrected chi connectivity index (χ4v) is 3.24. The normalized spacial score (nSPS) is 16.1. The summed E-state index contributed by atoms with van der Waals surface area (Å²) >= 11 is 0. The lowest BCUT2D eigenvalue weighted by molar-refractivity contribution is 0.0700. The third-order valence-electron chi connectivity index (χ3n) is 4.71. The van der Waals surface area contributed by atoms with Gasteiger partial charge < -0.3 is 10.2 Å². The average molecular weight is 328 g/mol. The van der Waals surface area contributed by atoms with Crippen LogP contribution in [-0.2, 0) is 0 Å². The predicted octanol–water partition coefficient (Wildman–Crippen LogP) is 1.80. The van der Waals surface area contributed by atoms with Gasteiger partial charge in [-0.3, -0.25) is 9.59 Å². The van der Waals surface area contributed by atoms with Gasteiger partial charge in [-0.15, -0.1) is 0 Å². The predicted molar refractivity (Wildman–Crippen MR) is 94.4 cm³/mol. The second-order valence-corrected chi connectivity index (χ2v) is 6.59. The van der Waals surface area contributed by atoms with E-state index in [0.29, 0.717) is 35.6 Å². The van der Waals surface area contributed by atoms with E-state index in [-0.39, 0.29) is 17.5 Å². The summed E-state index contributed by atoms with van der Waals surface area (Å²) in [5, 5.41) is 8.87. The minimum absolute atomic E-state index is 0.0878. The van der Waals surface area contributed by atoms with Gasteiger partial charge in [-0.1, -0.05) is 18.2 Å². The number of benzene rings is 1. The first-order chi connectivity index (χ1) is 11.5. The van der Waals surface area contributed by atoms with E-state index < -0.39 is 0 Å². The number of hydrogen-bond donors (Lipinski definition) is 1. The van der Waals surface area contributed by atoms with Crippen molar-refractivity contribution in [1.29, 1.82) is 0 Å². The summed E-state index contributed by atoms with van der Waals surface area (Å²) in [6, 6.07) is 7.60. The van der Waals surface area contributed by atoms with Crippen LogP contribution < -0.4 is 10.9 Å². The van der Waals surface area contributed by atoms with Gasteiger partial charge in [-0.05, 0) is 39.8 Å². The van der Waals surface area contributed by atoms with E-state index in [9.17, 15) is 9.59 Å². The zero-order chi connectivity index (χ0) is 17.3. The van der Waals surface area contributed by atoms with Crippen LogP contribution in [0.4, 0.5) is 0 Å². The second-order valence-electron chi connectivity index (χ2n) is 6.59. The number of likely N-dealkylation sites (tertiary alicyclic amines) is 1. The van der Waals surface area contributed by atoms with Gasteiger partial charge in [0.2, 0.25) is 0 Å². The van der Waals surface area contributed by atoms with Crippen LogP contribution in [0.25, 0.3) is 10.8 Å². The molecule has 128 valence electrons. The van der Waals surface area contributed by atoms with Crippen LogP contribution in [0.1, 0.15) is 43.2 Å². The second kappa shape index (κ2) is 6.73. The van der Waals surface area contributed by atoms with Crippen molar-refractivity contribution < 1.29 is 4.79 Å². The van der Waals surface area contributed by atoms with Gasteiger partial charge in [0, 0.05) is 24.5 Å². The molecular formula is C18H24N4O2. The summed E-state index contributed by atoms with van der Waals surface area (Å²) in [6.07, 6.45) is 1.87. The van der Waals surface area contributed by atoms with Gasteiger partial charge in [0.1, 0.15) is 0 Å². The van der Waals surface area contributed by atoms with Gasteiger partial charge in [0.25, 0.3) is 11.5 Å². The summed E-state index contributed by atoms with van der Waals surface area (Å²) < 4.78 is 1.41. The van der Waals surface area contributed by atoms with Gasteiger partial charge in [0.15, 0.2) is 5.69 Å². The summed E-state index contributed by atoms with van der Waals surface area (Å²) in [5.41, 5.74) is 0.229. The number of rotatable bonds is 3. The largest absolute Gasteiger partial charge is 0.337 e. The molecule has 6 nitrogen and oxygen atoms in total. The molecule has 0 spiro atoms. The van der Waals surface area contributed by atoms with Gasteiger partial charge in [-0.25, -0.2) is 4.68 Å². The SMILES string of the molecule is CNC1CCN(C(=O)c2nn(C(C)C)c(=O)c3ccccc23)CC1. The fraction of sp³-hybridized carbons (Fsp3) is 0.500. The van der Waals surface area contributed by atoms with Crippen molar-refractivity contribution in [3.63, 3.8) is 0 Å². The number of carbonyl (C=O) groups is 1. The van der Waals surface area contributed by atoms with Crippen molar-refractivity contribution in [1.82, 2.24) is 20.0 Å². The number of amides is 1. The average Bonchev–Trinajstić information content (AvgIpc) is 2.61. The molecule has 1 N–H and O–H groups in total. The molecule has 0 aliphatic carbocycles. The first-order valence-electron chi connectivity index (χ1n) is 8.51. The van der Waals surface area contributed by atoms with Crippen LogP contribution in [0.2, 0.25) is 0 Å². The lowest BCUT2D eigenvalue weighted by Crippen LogP contribution is -2.44. The molecule has 1 aromatic carbocycles. The Morgan fingerprint density at radius 1 is 1.21 bits per heavy atom.